The molecule has 0 saturated heterocycles. The van der Waals surface area contributed by atoms with Gasteiger partial charge in [0.1, 0.15) is 5.78 Å². The molecule has 0 aliphatic heterocycles. The molecule has 0 aromatic rings. The minimum atomic E-state index is -1.81. The van der Waals surface area contributed by atoms with Crippen molar-refractivity contribution in [3.63, 3.8) is 0 Å². The van der Waals surface area contributed by atoms with E-state index < -0.39 is 25.0 Å². The minimum absolute atomic E-state index is 0.112. The molecule has 772 valence electrons. The normalized spacial score (nSPS) is 48.1. The third-order valence-corrected chi connectivity index (χ3v) is 63.3. The molecule has 0 aromatic carbocycles. The Morgan fingerprint density at radius 3 is 0.857 bits per heavy atom. The van der Waals surface area contributed by atoms with Gasteiger partial charge in [0.15, 0.2) is 25.0 Å². The van der Waals surface area contributed by atoms with E-state index in [1.54, 1.807) is 0 Å². The van der Waals surface area contributed by atoms with Crippen LogP contribution in [0.4, 0.5) is 0 Å². The summed E-state index contributed by atoms with van der Waals surface area (Å²) >= 11 is 0. The van der Waals surface area contributed by atoms with Crippen molar-refractivity contribution in [3.8, 4) is 0 Å². The average Bonchev–Trinajstić information content (AvgIpc) is 1.62. The topological polar surface area (TPSA) is 166 Å². The van der Waals surface area contributed by atoms with Crippen LogP contribution in [-0.2, 0) is 18.1 Å². The molecule has 0 heterocycles. The summed E-state index contributed by atoms with van der Waals surface area (Å²) in [5, 5.41) is 66.3. The van der Waals surface area contributed by atoms with Crippen molar-refractivity contribution in [2.75, 3.05) is 13.2 Å². The first kappa shape index (κ1) is 110. The summed E-state index contributed by atoms with van der Waals surface area (Å²) in [4.78, 5) is 14.4. The van der Waals surface area contributed by atoms with Crippen molar-refractivity contribution in [1.82, 2.24) is 0 Å². The maximum absolute atomic E-state index is 14.4. The van der Waals surface area contributed by atoms with Crippen molar-refractivity contribution < 1.29 is 48.7 Å². The zero-order valence-electron chi connectivity index (χ0n) is 93.3. The molecule has 0 amide bonds. The van der Waals surface area contributed by atoms with Gasteiger partial charge in [-0.3, -0.25) is 4.79 Å². The van der Waals surface area contributed by atoms with Crippen molar-refractivity contribution in [1.29, 1.82) is 0 Å². The first-order valence-electron chi connectivity index (χ1n) is 58.4. The van der Waals surface area contributed by atoms with Crippen LogP contribution in [0.25, 0.3) is 0 Å². The van der Waals surface area contributed by atoms with Gasteiger partial charge in [-0.1, -0.05) is 232 Å². The van der Waals surface area contributed by atoms with Gasteiger partial charge in [0.25, 0.3) is 0 Å². The summed E-state index contributed by atoms with van der Waals surface area (Å²) in [6.07, 6.45) is 46.9. The number of hydrogen-bond donors (Lipinski definition) is 6. The van der Waals surface area contributed by atoms with E-state index >= 15 is 0 Å². The van der Waals surface area contributed by atoms with E-state index in [-0.39, 0.29) is 62.2 Å². The Morgan fingerprint density at radius 2 is 0.564 bits per heavy atom. The molecule has 0 radical (unpaired) electrons. The summed E-state index contributed by atoms with van der Waals surface area (Å²) in [6.45, 7) is 80.6. The van der Waals surface area contributed by atoms with Crippen molar-refractivity contribution >= 4 is 30.7 Å². The number of aliphatic hydroxyl groups is 6. The van der Waals surface area contributed by atoms with Gasteiger partial charge >= 0.3 is 0 Å². The minimum Gasteiger partial charge on any atom is -0.414 e. The van der Waals surface area contributed by atoms with Crippen LogP contribution in [0.5, 0.6) is 0 Å². The number of aliphatic hydroxyl groups excluding tert-OH is 6. The van der Waals surface area contributed by atoms with E-state index in [1.165, 1.54) is 180 Å². The number of carbonyl (C=O) groups is 1. The summed E-state index contributed by atoms with van der Waals surface area (Å²) in [6, 6.07) is 0. The molecular weight excluding hydrogens is 1690 g/mol. The van der Waals surface area contributed by atoms with E-state index in [0.29, 0.717) is 194 Å². The van der Waals surface area contributed by atoms with Crippen LogP contribution in [0, 0.1) is 209 Å². The molecule has 13 heteroatoms. The smallest absolute Gasteiger partial charge is 0.192 e. The third kappa shape index (κ3) is 19.5. The fraction of sp³-hybridized carbons (Fsp3) is 0.992. The molecule has 20 unspecified atom stereocenters. The number of Topliss-reactive ketones (excluding diaryl/α,β-unsaturated/α-hetero) is 1. The van der Waals surface area contributed by atoms with Gasteiger partial charge in [-0.25, -0.2) is 0 Å². The molecule has 16 rings (SSSR count). The Labute approximate surface area is 824 Å². The number of hydrogen-bond acceptors (Lipinski definition) is 10. The summed E-state index contributed by atoms with van der Waals surface area (Å²) in [5.74, 6) is 17.1. The molecule has 16 aliphatic carbocycles. The van der Waals surface area contributed by atoms with E-state index in [2.05, 4.69) is 226 Å². The van der Waals surface area contributed by atoms with Gasteiger partial charge < -0.3 is 43.9 Å². The second-order valence-corrected chi connectivity index (χ2v) is 72.6. The second kappa shape index (κ2) is 41.0. The van der Waals surface area contributed by atoms with Crippen molar-refractivity contribution in [2.24, 2.45) is 209 Å². The Hall–Kier alpha value is -0.0394. The zero-order chi connectivity index (χ0) is 98.2. The first-order chi connectivity index (χ1) is 61.9. The Bertz CT molecular complexity index is 3660. The maximum Gasteiger partial charge on any atom is 0.192 e. The monoisotopic (exact) mass is 1910 g/mol. The van der Waals surface area contributed by atoms with Crippen molar-refractivity contribution in [3.05, 3.63) is 0 Å². The van der Waals surface area contributed by atoms with Crippen LogP contribution >= 0.6 is 0 Å². The lowest BCUT2D eigenvalue weighted by Crippen LogP contribution is -2.62. The lowest BCUT2D eigenvalue weighted by atomic mass is 9.41. The predicted octanol–water partition coefficient (Wildman–Crippen LogP) is 30.7. The number of ketones is 1. The molecule has 6 N–H and O–H groups in total. The van der Waals surface area contributed by atoms with Crippen LogP contribution in [-0.4, -0.2) is 117 Å². The molecule has 16 fully saturated rings. The highest BCUT2D eigenvalue weighted by atomic mass is 28.4. The van der Waals surface area contributed by atoms with Crippen LogP contribution in [0.1, 0.15) is 431 Å². The Kier molecular flexibility index (Phi) is 34.0. The lowest BCUT2D eigenvalue weighted by molar-refractivity contribution is -0.203. The highest BCUT2D eigenvalue weighted by Gasteiger charge is 2.72. The highest BCUT2D eigenvalue weighted by Crippen LogP contribution is 2.76. The van der Waals surface area contributed by atoms with Gasteiger partial charge in [-0.2, -0.15) is 0 Å². The predicted molar refractivity (Wildman–Crippen MR) is 564 cm³/mol. The van der Waals surface area contributed by atoms with Gasteiger partial charge in [-0.15, -0.1) is 0 Å². The molecule has 0 aromatic heterocycles. The van der Waals surface area contributed by atoms with Gasteiger partial charge in [0.2, 0.25) is 0 Å². The van der Waals surface area contributed by atoms with Crippen molar-refractivity contribution in [2.45, 2.75) is 528 Å². The standard InChI is InChI=1S/C32H60O2Si.C31H58O3Si.C31H56O3Si.C26H46O2/c1-11-13-21(3)24-14-15-25-28-26(17-19-31(24,25)7)32(8)18-16-22(34-35(9,10)30(4,5)6)20-27(32)23(12-2)29(28)33;2*1-10-22-26-19-21(34-35(8,9)29(3,4)5)13-16-31(26,7)25-14-17-30(6)23(20(2)15-18-32)11-12-24(30)27(25)28(22)33;1-6-8-16(3)19-9-10-20-23-21(12-14-25(19,20)4)26(5)13-11-17(27)15-22(26)18(7-2)24(23)28/h21-29,33H,11-20H2,1-10H3;20-28,32-33H,10-19H2,1-9H3;20-27,32H,10-19H2,1-9H3;16-24,27-28H,6-15H2,1-5H3/t21-,22-,23-,24?,25?,26?,27?,28?,29-,31-,32-;20-,21-,22-,23?,24?,25?,26?,27?,28-,30-,31-;20-,21-,22-,23?,24?,25?,26?,27?,30-,31-;16-,17-,18-,19?,20?,21?,22?,23?,24-,25-,26-/m1111/s1. The highest BCUT2D eigenvalue weighted by molar-refractivity contribution is 6.75. The molecule has 0 spiro atoms. The summed E-state index contributed by atoms with van der Waals surface area (Å²) in [7, 11) is -5.38. The Balaban J connectivity index is 0.000000151. The van der Waals surface area contributed by atoms with Crippen LogP contribution in [0.3, 0.4) is 0 Å². The van der Waals surface area contributed by atoms with Gasteiger partial charge in [-0.05, 0) is 451 Å². The van der Waals surface area contributed by atoms with Gasteiger partial charge in [0, 0.05) is 43.4 Å². The van der Waals surface area contributed by atoms with E-state index in [9.17, 15) is 35.4 Å². The van der Waals surface area contributed by atoms with E-state index in [1.807, 2.05) is 0 Å². The third-order valence-electron chi connectivity index (χ3n) is 49.7. The van der Waals surface area contributed by atoms with Crippen LogP contribution in [0.15, 0.2) is 0 Å². The van der Waals surface area contributed by atoms with Crippen LogP contribution in [0.2, 0.25) is 54.4 Å². The summed E-state index contributed by atoms with van der Waals surface area (Å²) < 4.78 is 21.0. The molecule has 0 bridgehead atoms. The lowest BCUT2D eigenvalue weighted by Gasteiger charge is -2.65. The largest absolute Gasteiger partial charge is 0.414 e. The molecule has 133 heavy (non-hydrogen) atoms. The SMILES string of the molecule is CCC[C@@H](C)C1CCC2C3C(CC[C@@]21C)[C@@]1(C)CC[C@@H](O)CC1[C@@H](CC)[C@H]3O.CCC[C@@H](C)C1CCC2C3C(CC[C@@]21C)[C@@]1(C)CC[C@@H](O[Si](C)(C)C(C)(C)C)CC1[C@@H](CC)[C@H]3O.CC[C@@H]1C2C[C@H](O[Si](C)(C)C(C)(C)C)CC[C@]2(C)C2CC[C@@]3(C)C(CCC3[C@H](C)CCO)C2[C@@H]1O.CC[C@H]1C(=O)C2C3CCC([C@H](C)CCO)[C@@]3(C)CCC2[C@@]2(C)CC[C@@H](O[Si](C)(C)C(C)(C)C)CC12. The number of rotatable bonds is 22. The fourth-order valence-electron chi connectivity index (χ4n) is 39.6. The first-order valence-corrected chi connectivity index (χ1v) is 67.1. The molecule has 10 nitrogen and oxygen atoms in total. The average molecular weight is 1910 g/mol. The molecular formula is C120H220O10Si3. The molecule has 16 saturated carbocycles. The molecule has 43 atom stereocenters. The number of carbonyl (C=O) groups excluding carboxylic acids is 1. The quantitative estimate of drug-likeness (QED) is 0.0575. The second-order valence-electron chi connectivity index (χ2n) is 58.3. The number of fused-ring (bicyclic) bond motifs is 20. The molecule has 16 aliphatic rings. The maximum atomic E-state index is 14.4. The van der Waals surface area contributed by atoms with E-state index in [0.717, 1.165) is 93.8 Å². The fourth-order valence-corrected chi connectivity index (χ4v) is 43.8. The van der Waals surface area contributed by atoms with E-state index in [4.69, 9.17) is 13.3 Å². The zero-order valence-corrected chi connectivity index (χ0v) is 96.3. The van der Waals surface area contributed by atoms with Crippen LogP contribution < -0.4 is 0 Å². The Morgan fingerprint density at radius 1 is 0.316 bits per heavy atom. The van der Waals surface area contributed by atoms with Gasteiger partial charge in [0.05, 0.1) is 24.4 Å². The summed E-state index contributed by atoms with van der Waals surface area (Å²) in [5.41, 5.74) is 2.82.